The molecule has 5 nitrogen and oxygen atoms in total. The van der Waals surface area contributed by atoms with Gasteiger partial charge in [0, 0.05) is 13.6 Å². The second-order valence-electron chi connectivity index (χ2n) is 5.76. The standard InChI is InChI=1S/C19H23N3O2/c1-4-22(10-9-20)14-19(23)21(2)13-15-5-6-17-12-18(24-3)8-7-16(17)11-15/h5-8,11-12H,4,10,13-14H2,1-3H3. The molecule has 0 aliphatic carbocycles. The Kier molecular flexibility index (Phi) is 6.16. The number of hydrogen-bond donors (Lipinski definition) is 0. The lowest BCUT2D eigenvalue weighted by atomic mass is 10.1. The van der Waals surface area contributed by atoms with Crippen LogP contribution in [0.2, 0.25) is 0 Å². The summed E-state index contributed by atoms with van der Waals surface area (Å²) in [5.74, 6) is 0.849. The van der Waals surface area contributed by atoms with E-state index in [2.05, 4.69) is 12.1 Å². The van der Waals surface area contributed by atoms with Crippen LogP contribution in [0.3, 0.4) is 0 Å². The van der Waals surface area contributed by atoms with Crippen molar-refractivity contribution in [2.24, 2.45) is 0 Å². The van der Waals surface area contributed by atoms with Gasteiger partial charge in [-0.3, -0.25) is 9.69 Å². The molecule has 2 aromatic carbocycles. The van der Waals surface area contributed by atoms with Gasteiger partial charge in [-0.05, 0) is 41.1 Å². The fourth-order valence-electron chi connectivity index (χ4n) is 2.55. The van der Waals surface area contributed by atoms with Gasteiger partial charge >= 0.3 is 0 Å². The first-order valence-electron chi connectivity index (χ1n) is 7.97. The third-order valence-electron chi connectivity index (χ3n) is 4.06. The molecule has 0 heterocycles. The van der Waals surface area contributed by atoms with Crippen LogP contribution >= 0.6 is 0 Å². The first-order chi connectivity index (χ1) is 11.6. The smallest absolute Gasteiger partial charge is 0.236 e. The van der Waals surface area contributed by atoms with Crippen LogP contribution in [0, 0.1) is 11.3 Å². The molecule has 0 N–H and O–H groups in total. The highest BCUT2D eigenvalue weighted by Gasteiger charge is 2.13. The van der Waals surface area contributed by atoms with E-state index in [1.165, 1.54) is 0 Å². The molecular formula is C19H23N3O2. The minimum Gasteiger partial charge on any atom is -0.497 e. The molecule has 0 bridgehead atoms. The summed E-state index contributed by atoms with van der Waals surface area (Å²) in [5, 5.41) is 11.0. The zero-order chi connectivity index (χ0) is 17.5. The van der Waals surface area contributed by atoms with Gasteiger partial charge in [-0.25, -0.2) is 0 Å². The van der Waals surface area contributed by atoms with Crippen molar-refractivity contribution >= 4 is 16.7 Å². The number of likely N-dealkylation sites (N-methyl/N-ethyl adjacent to an activating group) is 2. The Balaban J connectivity index is 2.05. The average Bonchev–Trinajstić information content (AvgIpc) is 2.60. The molecule has 0 fully saturated rings. The lowest BCUT2D eigenvalue weighted by Crippen LogP contribution is -2.38. The first kappa shape index (κ1) is 17.8. The van der Waals surface area contributed by atoms with E-state index < -0.39 is 0 Å². The molecule has 0 aliphatic heterocycles. The van der Waals surface area contributed by atoms with Crippen LogP contribution in [-0.4, -0.2) is 49.5 Å². The van der Waals surface area contributed by atoms with Crippen LogP contribution in [0.5, 0.6) is 5.75 Å². The zero-order valence-corrected chi connectivity index (χ0v) is 14.5. The molecule has 2 aromatic rings. The number of rotatable bonds is 7. The molecule has 0 radical (unpaired) electrons. The van der Waals surface area contributed by atoms with Crippen LogP contribution in [0.25, 0.3) is 10.8 Å². The van der Waals surface area contributed by atoms with Gasteiger partial charge < -0.3 is 9.64 Å². The van der Waals surface area contributed by atoms with Crippen molar-refractivity contribution in [3.05, 3.63) is 42.0 Å². The number of nitrogens with zero attached hydrogens (tertiary/aromatic N) is 3. The quantitative estimate of drug-likeness (QED) is 0.734. The van der Waals surface area contributed by atoms with Crippen LogP contribution in [-0.2, 0) is 11.3 Å². The Bertz CT molecular complexity index is 752. The van der Waals surface area contributed by atoms with Gasteiger partial charge in [0.1, 0.15) is 5.75 Å². The predicted octanol–water partition coefficient (Wildman–Crippen LogP) is 2.65. The third kappa shape index (κ3) is 4.46. The molecule has 0 aromatic heterocycles. The van der Waals surface area contributed by atoms with E-state index in [0.29, 0.717) is 13.1 Å². The highest BCUT2D eigenvalue weighted by atomic mass is 16.5. The summed E-state index contributed by atoms with van der Waals surface area (Å²) in [7, 11) is 3.45. The summed E-state index contributed by atoms with van der Waals surface area (Å²) in [5.41, 5.74) is 1.08. The summed E-state index contributed by atoms with van der Waals surface area (Å²) in [6.07, 6.45) is 0. The lowest BCUT2D eigenvalue weighted by molar-refractivity contribution is -0.131. The number of methoxy groups -OCH3 is 1. The van der Waals surface area contributed by atoms with Gasteiger partial charge in [-0.1, -0.05) is 25.1 Å². The van der Waals surface area contributed by atoms with Crippen LogP contribution in [0.4, 0.5) is 0 Å². The summed E-state index contributed by atoms with van der Waals surface area (Å²) in [6, 6.07) is 14.2. The Labute approximate surface area is 143 Å². The minimum absolute atomic E-state index is 0.0157. The highest BCUT2D eigenvalue weighted by Crippen LogP contribution is 2.22. The van der Waals surface area contributed by atoms with Gasteiger partial charge in [-0.2, -0.15) is 5.26 Å². The second-order valence-corrected chi connectivity index (χ2v) is 5.76. The van der Waals surface area contributed by atoms with E-state index in [-0.39, 0.29) is 19.0 Å². The highest BCUT2D eigenvalue weighted by molar-refractivity contribution is 5.84. The fraction of sp³-hybridized carbons (Fsp3) is 0.368. The number of nitriles is 1. The van der Waals surface area contributed by atoms with Crippen molar-refractivity contribution in [2.45, 2.75) is 13.5 Å². The number of carbonyl (C=O) groups is 1. The Hall–Kier alpha value is -2.58. The average molecular weight is 325 g/mol. The first-order valence-corrected chi connectivity index (χ1v) is 7.97. The molecule has 24 heavy (non-hydrogen) atoms. The molecule has 1 amide bonds. The van der Waals surface area contributed by atoms with Gasteiger partial charge in [0.05, 0.1) is 26.3 Å². The lowest BCUT2D eigenvalue weighted by Gasteiger charge is -2.22. The Morgan fingerprint density at radius 2 is 1.92 bits per heavy atom. The second kappa shape index (κ2) is 8.32. The monoisotopic (exact) mass is 325 g/mol. The SMILES string of the molecule is CCN(CC#N)CC(=O)N(C)Cc1ccc2cc(OC)ccc2c1. The molecule has 0 saturated heterocycles. The molecule has 0 aliphatic rings. The predicted molar refractivity (Wildman–Crippen MR) is 94.7 cm³/mol. The van der Waals surface area contributed by atoms with E-state index in [0.717, 1.165) is 22.1 Å². The molecule has 0 saturated carbocycles. The molecule has 0 atom stereocenters. The Morgan fingerprint density at radius 3 is 2.58 bits per heavy atom. The minimum atomic E-state index is 0.0157. The number of carbonyl (C=O) groups excluding carboxylic acids is 1. The van der Waals surface area contributed by atoms with E-state index in [1.54, 1.807) is 19.1 Å². The van der Waals surface area contributed by atoms with E-state index >= 15 is 0 Å². The molecule has 0 unspecified atom stereocenters. The van der Waals surface area contributed by atoms with Crippen molar-refractivity contribution in [1.82, 2.24) is 9.80 Å². The van der Waals surface area contributed by atoms with Gasteiger partial charge in [-0.15, -0.1) is 0 Å². The maximum absolute atomic E-state index is 12.3. The zero-order valence-electron chi connectivity index (χ0n) is 14.5. The molecule has 0 spiro atoms. The maximum atomic E-state index is 12.3. The normalized spacial score (nSPS) is 10.6. The number of amides is 1. The molecule has 2 rings (SSSR count). The number of ether oxygens (including phenoxy) is 1. The van der Waals surface area contributed by atoms with Crippen molar-refractivity contribution in [1.29, 1.82) is 5.26 Å². The van der Waals surface area contributed by atoms with Crippen molar-refractivity contribution in [3.8, 4) is 11.8 Å². The van der Waals surface area contributed by atoms with Gasteiger partial charge in [0.15, 0.2) is 0 Å². The van der Waals surface area contributed by atoms with Crippen LogP contribution in [0.1, 0.15) is 12.5 Å². The van der Waals surface area contributed by atoms with E-state index in [4.69, 9.17) is 10.00 Å². The number of hydrogen-bond acceptors (Lipinski definition) is 4. The largest absolute Gasteiger partial charge is 0.497 e. The van der Waals surface area contributed by atoms with Gasteiger partial charge in [0.25, 0.3) is 0 Å². The van der Waals surface area contributed by atoms with Gasteiger partial charge in [0.2, 0.25) is 5.91 Å². The number of fused-ring (bicyclic) bond motifs is 1. The van der Waals surface area contributed by atoms with Crippen molar-refractivity contribution in [2.75, 3.05) is 33.8 Å². The van der Waals surface area contributed by atoms with Crippen molar-refractivity contribution < 1.29 is 9.53 Å². The Morgan fingerprint density at radius 1 is 1.21 bits per heavy atom. The van der Waals surface area contributed by atoms with E-state index in [9.17, 15) is 4.79 Å². The number of benzene rings is 2. The summed E-state index contributed by atoms with van der Waals surface area (Å²) in [6.45, 7) is 3.72. The van der Waals surface area contributed by atoms with Crippen LogP contribution in [0.15, 0.2) is 36.4 Å². The van der Waals surface area contributed by atoms with Crippen molar-refractivity contribution in [3.63, 3.8) is 0 Å². The van der Waals surface area contributed by atoms with Crippen LogP contribution < -0.4 is 4.74 Å². The summed E-state index contributed by atoms with van der Waals surface area (Å²) >= 11 is 0. The summed E-state index contributed by atoms with van der Waals surface area (Å²) < 4.78 is 5.24. The van der Waals surface area contributed by atoms with E-state index in [1.807, 2.05) is 42.2 Å². The molecular weight excluding hydrogens is 302 g/mol. The summed E-state index contributed by atoms with van der Waals surface area (Å²) in [4.78, 5) is 15.8. The maximum Gasteiger partial charge on any atom is 0.236 e. The topological polar surface area (TPSA) is 56.6 Å². The fourth-order valence-corrected chi connectivity index (χ4v) is 2.55. The molecule has 5 heteroatoms. The third-order valence-corrected chi connectivity index (χ3v) is 4.06. The molecule has 126 valence electrons.